The van der Waals surface area contributed by atoms with Crippen molar-refractivity contribution in [1.82, 2.24) is 0 Å². The van der Waals surface area contributed by atoms with Gasteiger partial charge in [0.25, 0.3) is 5.69 Å². The number of amides is 1. The number of hydrogen-bond donors (Lipinski definition) is 2. The van der Waals surface area contributed by atoms with Gasteiger partial charge in [-0.25, -0.2) is 0 Å². The van der Waals surface area contributed by atoms with Crippen molar-refractivity contribution in [2.24, 2.45) is 5.73 Å². The van der Waals surface area contributed by atoms with Gasteiger partial charge in [0.05, 0.1) is 4.92 Å². The minimum Gasteiger partial charge on any atom is -0.327 e. The molecule has 110 valence electrons. The smallest absolute Gasteiger partial charge is 0.272 e. The molecular weight excluding hydrogens is 258 g/mol. The van der Waals surface area contributed by atoms with Crippen LogP contribution in [0.2, 0.25) is 0 Å². The number of carbonyl (C=O) groups excluding carboxylic acids is 1. The van der Waals surface area contributed by atoms with Gasteiger partial charge < -0.3 is 11.1 Å². The number of nitrogens with zero attached hydrogens (tertiary/aromatic N) is 1. The molecule has 0 aliphatic heterocycles. The zero-order valence-corrected chi connectivity index (χ0v) is 12.1. The molecule has 6 heteroatoms. The SMILES string of the molecule is CCCC(N)CC(=O)Nc1cc(C)c([N+](=O)[O-])cc1C. The molecule has 1 aromatic carbocycles. The number of nitro groups is 1. The van der Waals surface area contributed by atoms with E-state index in [9.17, 15) is 14.9 Å². The summed E-state index contributed by atoms with van der Waals surface area (Å²) < 4.78 is 0. The lowest BCUT2D eigenvalue weighted by Crippen LogP contribution is -2.27. The van der Waals surface area contributed by atoms with Crippen LogP contribution in [0, 0.1) is 24.0 Å². The highest BCUT2D eigenvalue weighted by Crippen LogP contribution is 2.26. The maximum absolute atomic E-state index is 11.9. The Morgan fingerprint density at radius 1 is 1.40 bits per heavy atom. The molecule has 6 nitrogen and oxygen atoms in total. The van der Waals surface area contributed by atoms with Gasteiger partial charge in [-0.15, -0.1) is 0 Å². The lowest BCUT2D eigenvalue weighted by Gasteiger charge is -2.12. The van der Waals surface area contributed by atoms with Gasteiger partial charge in [-0.3, -0.25) is 14.9 Å². The Morgan fingerprint density at radius 3 is 2.60 bits per heavy atom. The van der Waals surface area contributed by atoms with E-state index in [0.717, 1.165) is 12.8 Å². The van der Waals surface area contributed by atoms with Crippen molar-refractivity contribution in [3.05, 3.63) is 33.4 Å². The summed E-state index contributed by atoms with van der Waals surface area (Å²) in [6.45, 7) is 5.39. The molecule has 1 rings (SSSR count). The van der Waals surface area contributed by atoms with Crippen LogP contribution >= 0.6 is 0 Å². The highest BCUT2D eigenvalue weighted by molar-refractivity contribution is 5.92. The van der Waals surface area contributed by atoms with Crippen LogP contribution in [0.4, 0.5) is 11.4 Å². The number of anilines is 1. The van der Waals surface area contributed by atoms with Gasteiger partial charge >= 0.3 is 0 Å². The second kappa shape index (κ2) is 7.00. The molecule has 1 amide bonds. The molecule has 0 bridgehead atoms. The first kappa shape index (κ1) is 16.1. The number of nitro benzene ring substituents is 1. The second-order valence-electron chi connectivity index (χ2n) is 5.01. The number of benzene rings is 1. The first-order chi connectivity index (χ1) is 9.35. The Bertz CT molecular complexity index is 515. The summed E-state index contributed by atoms with van der Waals surface area (Å²) in [5.74, 6) is -0.165. The molecule has 0 heterocycles. The number of nitrogens with one attached hydrogen (secondary N) is 1. The highest BCUT2D eigenvalue weighted by atomic mass is 16.6. The van der Waals surface area contributed by atoms with Gasteiger partial charge in [0.1, 0.15) is 0 Å². The van der Waals surface area contributed by atoms with Crippen molar-refractivity contribution >= 4 is 17.3 Å². The lowest BCUT2D eigenvalue weighted by molar-refractivity contribution is -0.385. The van der Waals surface area contributed by atoms with Crippen LogP contribution in [-0.2, 0) is 4.79 Å². The van der Waals surface area contributed by atoms with Crippen molar-refractivity contribution in [2.45, 2.75) is 46.1 Å². The van der Waals surface area contributed by atoms with Crippen molar-refractivity contribution in [3.8, 4) is 0 Å². The third-order valence-electron chi connectivity index (χ3n) is 3.12. The van der Waals surface area contributed by atoms with Crippen LogP contribution in [-0.4, -0.2) is 16.9 Å². The normalized spacial score (nSPS) is 12.0. The van der Waals surface area contributed by atoms with E-state index < -0.39 is 4.92 Å². The maximum Gasteiger partial charge on any atom is 0.272 e. The summed E-state index contributed by atoms with van der Waals surface area (Å²) >= 11 is 0. The third kappa shape index (κ3) is 4.31. The Morgan fingerprint density at radius 2 is 2.05 bits per heavy atom. The summed E-state index contributed by atoms with van der Waals surface area (Å²) in [5.41, 5.74) is 7.67. The van der Waals surface area contributed by atoms with E-state index in [4.69, 9.17) is 5.73 Å². The van der Waals surface area contributed by atoms with E-state index in [2.05, 4.69) is 5.32 Å². The molecule has 0 aliphatic carbocycles. The largest absolute Gasteiger partial charge is 0.327 e. The van der Waals surface area contributed by atoms with Gasteiger partial charge in [-0.1, -0.05) is 13.3 Å². The predicted octanol–water partition coefficient (Wildman–Crippen LogP) is 2.67. The molecule has 3 N–H and O–H groups in total. The Kier molecular flexibility index (Phi) is 5.64. The van der Waals surface area contributed by atoms with Crippen molar-refractivity contribution in [3.63, 3.8) is 0 Å². The van der Waals surface area contributed by atoms with Gasteiger partial charge in [0, 0.05) is 29.8 Å². The number of hydrogen-bond acceptors (Lipinski definition) is 4. The fourth-order valence-corrected chi connectivity index (χ4v) is 2.04. The van der Waals surface area contributed by atoms with E-state index >= 15 is 0 Å². The average molecular weight is 279 g/mol. The monoisotopic (exact) mass is 279 g/mol. The zero-order valence-electron chi connectivity index (χ0n) is 12.1. The Labute approximate surface area is 118 Å². The molecular formula is C14H21N3O3. The van der Waals surface area contributed by atoms with E-state index in [1.807, 2.05) is 6.92 Å². The molecule has 0 aliphatic rings. The molecule has 1 unspecified atom stereocenters. The van der Waals surface area contributed by atoms with Crippen LogP contribution in [0.1, 0.15) is 37.3 Å². The van der Waals surface area contributed by atoms with Crippen molar-refractivity contribution in [2.75, 3.05) is 5.32 Å². The summed E-state index contributed by atoms with van der Waals surface area (Å²) in [6, 6.07) is 2.94. The third-order valence-corrected chi connectivity index (χ3v) is 3.12. The fourth-order valence-electron chi connectivity index (χ4n) is 2.04. The predicted molar refractivity (Wildman–Crippen MR) is 78.7 cm³/mol. The van der Waals surface area contributed by atoms with Crippen LogP contribution in [0.25, 0.3) is 0 Å². The first-order valence-corrected chi connectivity index (χ1v) is 6.66. The number of aryl methyl sites for hydroxylation is 2. The first-order valence-electron chi connectivity index (χ1n) is 6.66. The molecule has 20 heavy (non-hydrogen) atoms. The molecule has 0 aromatic heterocycles. The van der Waals surface area contributed by atoms with Crippen LogP contribution in [0.15, 0.2) is 12.1 Å². The van der Waals surface area contributed by atoms with Crippen molar-refractivity contribution < 1.29 is 9.72 Å². The van der Waals surface area contributed by atoms with Crippen LogP contribution < -0.4 is 11.1 Å². The lowest BCUT2D eigenvalue weighted by atomic mass is 10.1. The minimum absolute atomic E-state index is 0.0585. The van der Waals surface area contributed by atoms with E-state index in [1.54, 1.807) is 19.9 Å². The van der Waals surface area contributed by atoms with E-state index in [-0.39, 0.29) is 24.1 Å². The number of rotatable bonds is 6. The molecule has 0 saturated carbocycles. The quantitative estimate of drug-likeness (QED) is 0.617. The van der Waals surface area contributed by atoms with Gasteiger partial charge in [0.15, 0.2) is 0 Å². The van der Waals surface area contributed by atoms with E-state index in [0.29, 0.717) is 16.8 Å². The summed E-state index contributed by atoms with van der Waals surface area (Å²) in [7, 11) is 0. The standard InChI is InChI=1S/C14H21N3O3/c1-4-5-11(15)8-14(18)16-12-6-10(3)13(17(19)20)7-9(12)2/h6-7,11H,4-5,8,15H2,1-3H3,(H,16,18). The molecule has 1 atom stereocenters. The average Bonchev–Trinajstić information content (AvgIpc) is 2.33. The topological polar surface area (TPSA) is 98.3 Å². The number of carbonyl (C=O) groups is 1. The summed E-state index contributed by atoms with van der Waals surface area (Å²) in [4.78, 5) is 22.3. The van der Waals surface area contributed by atoms with Gasteiger partial charge in [-0.05, 0) is 31.9 Å². The molecule has 1 aromatic rings. The summed E-state index contributed by atoms with van der Waals surface area (Å²) in [5, 5.41) is 13.6. The number of nitrogens with two attached hydrogens (primary N) is 1. The minimum atomic E-state index is -0.425. The van der Waals surface area contributed by atoms with E-state index in [1.165, 1.54) is 6.07 Å². The van der Waals surface area contributed by atoms with Crippen LogP contribution in [0.5, 0.6) is 0 Å². The molecule has 0 radical (unpaired) electrons. The molecule has 0 saturated heterocycles. The van der Waals surface area contributed by atoms with Crippen LogP contribution in [0.3, 0.4) is 0 Å². The Hall–Kier alpha value is -1.95. The zero-order chi connectivity index (χ0) is 15.3. The maximum atomic E-state index is 11.9. The van der Waals surface area contributed by atoms with Gasteiger partial charge in [0.2, 0.25) is 5.91 Å². The molecule has 0 fully saturated rings. The van der Waals surface area contributed by atoms with Gasteiger partial charge in [-0.2, -0.15) is 0 Å². The van der Waals surface area contributed by atoms with Crippen molar-refractivity contribution in [1.29, 1.82) is 0 Å². The molecule has 0 spiro atoms. The summed E-state index contributed by atoms with van der Waals surface area (Å²) in [6.07, 6.45) is 1.99. The second-order valence-corrected chi connectivity index (χ2v) is 5.01. The Balaban J connectivity index is 2.80. The highest BCUT2D eigenvalue weighted by Gasteiger charge is 2.15. The fraction of sp³-hybridized carbons (Fsp3) is 0.500.